The lowest BCUT2D eigenvalue weighted by molar-refractivity contribution is -0.143. The summed E-state index contributed by atoms with van der Waals surface area (Å²) in [5, 5.41) is 17.2. The summed E-state index contributed by atoms with van der Waals surface area (Å²) in [6, 6.07) is 10.9. The van der Waals surface area contributed by atoms with Gasteiger partial charge in [-0.2, -0.15) is 5.10 Å². The standard InChI is InChI=1S/C21H24N4O3/c1-5-21(20(27)28,16-9-7-6-8-10-16)12-22-19(26)17-15(4)24-25-14(3)11-13(2)23-18(17)25/h6-11H,5,12H2,1-4H3,(H,22,26)(H,27,28). The lowest BCUT2D eigenvalue weighted by Crippen LogP contribution is -2.46. The minimum Gasteiger partial charge on any atom is -0.481 e. The van der Waals surface area contributed by atoms with Gasteiger partial charge in [0, 0.05) is 17.9 Å². The molecule has 28 heavy (non-hydrogen) atoms. The van der Waals surface area contributed by atoms with Crippen LogP contribution in [0, 0.1) is 20.8 Å². The van der Waals surface area contributed by atoms with Crippen LogP contribution >= 0.6 is 0 Å². The molecule has 1 amide bonds. The minimum atomic E-state index is -1.20. The zero-order chi connectivity index (χ0) is 20.5. The number of amides is 1. The Bertz CT molecular complexity index is 1040. The number of benzene rings is 1. The largest absolute Gasteiger partial charge is 0.481 e. The molecule has 0 aliphatic carbocycles. The number of nitrogens with one attached hydrogen (secondary N) is 1. The van der Waals surface area contributed by atoms with Gasteiger partial charge in [-0.1, -0.05) is 37.3 Å². The summed E-state index contributed by atoms with van der Waals surface area (Å²) in [5.74, 6) is -1.34. The number of aliphatic carboxylic acids is 1. The lowest BCUT2D eigenvalue weighted by Gasteiger charge is -2.29. The van der Waals surface area contributed by atoms with Gasteiger partial charge in [0.15, 0.2) is 5.65 Å². The Hall–Kier alpha value is -3.22. The average Bonchev–Trinajstić information content (AvgIpc) is 2.99. The van der Waals surface area contributed by atoms with Crippen molar-refractivity contribution in [2.45, 2.75) is 39.5 Å². The predicted molar refractivity (Wildman–Crippen MR) is 106 cm³/mol. The van der Waals surface area contributed by atoms with E-state index in [1.54, 1.807) is 35.7 Å². The zero-order valence-corrected chi connectivity index (χ0v) is 16.5. The highest BCUT2D eigenvalue weighted by Crippen LogP contribution is 2.28. The van der Waals surface area contributed by atoms with E-state index in [4.69, 9.17) is 0 Å². The van der Waals surface area contributed by atoms with Crippen molar-refractivity contribution in [1.82, 2.24) is 19.9 Å². The van der Waals surface area contributed by atoms with Gasteiger partial charge < -0.3 is 10.4 Å². The van der Waals surface area contributed by atoms with Gasteiger partial charge in [0.05, 0.1) is 5.69 Å². The van der Waals surface area contributed by atoms with Crippen LogP contribution in [0.4, 0.5) is 0 Å². The Labute approximate surface area is 163 Å². The molecule has 1 unspecified atom stereocenters. The van der Waals surface area contributed by atoms with E-state index in [-0.39, 0.29) is 12.5 Å². The summed E-state index contributed by atoms with van der Waals surface area (Å²) in [5.41, 5.74) is 2.52. The summed E-state index contributed by atoms with van der Waals surface area (Å²) in [6.45, 7) is 7.29. The molecule has 146 valence electrons. The highest BCUT2D eigenvalue weighted by Gasteiger charge is 2.39. The van der Waals surface area contributed by atoms with E-state index in [0.29, 0.717) is 28.9 Å². The molecule has 1 atom stereocenters. The smallest absolute Gasteiger partial charge is 0.315 e. The maximum Gasteiger partial charge on any atom is 0.315 e. The second-order valence-corrected chi connectivity index (χ2v) is 7.02. The third kappa shape index (κ3) is 3.24. The van der Waals surface area contributed by atoms with Crippen molar-refractivity contribution in [3.63, 3.8) is 0 Å². The fourth-order valence-electron chi connectivity index (χ4n) is 3.55. The van der Waals surface area contributed by atoms with Gasteiger partial charge in [-0.15, -0.1) is 0 Å². The van der Waals surface area contributed by atoms with Gasteiger partial charge in [-0.25, -0.2) is 9.50 Å². The average molecular weight is 380 g/mol. The van der Waals surface area contributed by atoms with E-state index in [9.17, 15) is 14.7 Å². The highest BCUT2D eigenvalue weighted by molar-refractivity contribution is 6.01. The third-order valence-corrected chi connectivity index (χ3v) is 5.19. The van der Waals surface area contributed by atoms with Crippen molar-refractivity contribution in [2.24, 2.45) is 0 Å². The van der Waals surface area contributed by atoms with Gasteiger partial charge in [0.1, 0.15) is 11.0 Å². The first kappa shape index (κ1) is 19.5. The van der Waals surface area contributed by atoms with Crippen LogP contribution in [0.15, 0.2) is 36.4 Å². The van der Waals surface area contributed by atoms with Gasteiger partial charge in [-0.05, 0) is 38.8 Å². The van der Waals surface area contributed by atoms with E-state index < -0.39 is 11.4 Å². The maximum absolute atomic E-state index is 13.0. The number of carboxylic acid groups (broad SMARTS) is 1. The fourth-order valence-corrected chi connectivity index (χ4v) is 3.55. The molecule has 2 N–H and O–H groups in total. The van der Waals surface area contributed by atoms with Crippen molar-refractivity contribution in [3.8, 4) is 0 Å². The minimum absolute atomic E-state index is 0.0245. The summed E-state index contributed by atoms with van der Waals surface area (Å²) in [6.07, 6.45) is 0.344. The molecular formula is C21H24N4O3. The number of hydrogen-bond acceptors (Lipinski definition) is 4. The molecule has 0 fully saturated rings. The maximum atomic E-state index is 13.0. The predicted octanol–water partition coefficient (Wildman–Crippen LogP) is 2.82. The van der Waals surface area contributed by atoms with Gasteiger partial charge in [0.2, 0.25) is 0 Å². The molecule has 0 bridgehead atoms. The Morgan fingerprint density at radius 2 is 1.86 bits per heavy atom. The third-order valence-electron chi connectivity index (χ3n) is 5.19. The number of nitrogens with zero attached hydrogens (tertiary/aromatic N) is 3. The monoisotopic (exact) mass is 380 g/mol. The molecule has 0 aliphatic rings. The Morgan fingerprint density at radius 1 is 1.18 bits per heavy atom. The lowest BCUT2D eigenvalue weighted by atomic mass is 9.78. The zero-order valence-electron chi connectivity index (χ0n) is 16.5. The molecule has 0 aliphatic heterocycles. The topological polar surface area (TPSA) is 96.6 Å². The first-order chi connectivity index (χ1) is 13.3. The molecule has 0 saturated heterocycles. The van der Waals surface area contributed by atoms with Crippen LogP contribution in [0.5, 0.6) is 0 Å². The molecule has 2 aromatic heterocycles. The van der Waals surface area contributed by atoms with Crippen LogP contribution in [0.1, 0.15) is 46.3 Å². The van der Waals surface area contributed by atoms with Crippen LogP contribution in [-0.4, -0.2) is 38.1 Å². The van der Waals surface area contributed by atoms with Crippen molar-refractivity contribution in [2.75, 3.05) is 6.54 Å². The first-order valence-corrected chi connectivity index (χ1v) is 9.21. The molecule has 3 aromatic rings. The van der Waals surface area contributed by atoms with Crippen molar-refractivity contribution in [3.05, 3.63) is 64.6 Å². The fraction of sp³-hybridized carbons (Fsp3) is 0.333. The van der Waals surface area contributed by atoms with E-state index in [1.165, 1.54) is 0 Å². The second-order valence-electron chi connectivity index (χ2n) is 7.02. The second kappa shape index (κ2) is 7.42. The number of aryl methyl sites for hydroxylation is 3. The first-order valence-electron chi connectivity index (χ1n) is 9.21. The van der Waals surface area contributed by atoms with Crippen molar-refractivity contribution in [1.29, 1.82) is 0 Å². The Kier molecular flexibility index (Phi) is 5.18. The Balaban J connectivity index is 1.96. The molecule has 2 heterocycles. The molecule has 7 nitrogen and oxygen atoms in total. The number of aromatic nitrogens is 3. The normalized spacial score (nSPS) is 13.3. The molecule has 0 spiro atoms. The number of fused-ring (bicyclic) bond motifs is 1. The number of carbonyl (C=O) groups excluding carboxylic acids is 1. The molecular weight excluding hydrogens is 356 g/mol. The number of carboxylic acids is 1. The van der Waals surface area contributed by atoms with Gasteiger partial charge >= 0.3 is 5.97 Å². The number of carbonyl (C=O) groups is 2. The van der Waals surface area contributed by atoms with E-state index in [0.717, 1.165) is 11.4 Å². The quantitative estimate of drug-likeness (QED) is 0.685. The van der Waals surface area contributed by atoms with Gasteiger partial charge in [-0.3, -0.25) is 9.59 Å². The number of hydrogen-bond donors (Lipinski definition) is 2. The van der Waals surface area contributed by atoms with Gasteiger partial charge in [0.25, 0.3) is 5.91 Å². The summed E-state index contributed by atoms with van der Waals surface area (Å²) >= 11 is 0. The van der Waals surface area contributed by atoms with Crippen molar-refractivity contribution >= 4 is 17.5 Å². The van der Waals surface area contributed by atoms with Crippen LogP contribution in [-0.2, 0) is 10.2 Å². The van der Waals surface area contributed by atoms with Crippen LogP contribution in [0.3, 0.4) is 0 Å². The highest BCUT2D eigenvalue weighted by atomic mass is 16.4. The molecule has 1 aromatic carbocycles. The van der Waals surface area contributed by atoms with Crippen LogP contribution in [0.2, 0.25) is 0 Å². The summed E-state index contributed by atoms with van der Waals surface area (Å²) < 4.78 is 1.64. The van der Waals surface area contributed by atoms with Crippen molar-refractivity contribution < 1.29 is 14.7 Å². The molecule has 3 rings (SSSR count). The summed E-state index contributed by atoms with van der Waals surface area (Å²) in [7, 11) is 0. The molecule has 7 heteroatoms. The molecule has 0 radical (unpaired) electrons. The van der Waals surface area contributed by atoms with E-state index in [2.05, 4.69) is 15.4 Å². The van der Waals surface area contributed by atoms with E-state index >= 15 is 0 Å². The van der Waals surface area contributed by atoms with Crippen LogP contribution in [0.25, 0.3) is 5.65 Å². The molecule has 0 saturated carbocycles. The van der Waals surface area contributed by atoms with Crippen LogP contribution < -0.4 is 5.32 Å². The van der Waals surface area contributed by atoms with E-state index in [1.807, 2.05) is 32.9 Å². The number of rotatable bonds is 6. The Morgan fingerprint density at radius 3 is 2.46 bits per heavy atom. The SMILES string of the molecule is CCC(CNC(=O)c1c(C)nn2c(C)cc(C)nc12)(C(=O)O)c1ccccc1. The summed E-state index contributed by atoms with van der Waals surface area (Å²) in [4.78, 5) is 29.6.